The van der Waals surface area contributed by atoms with Gasteiger partial charge in [-0.05, 0) is 41.3 Å². The van der Waals surface area contributed by atoms with Crippen LogP contribution in [0.1, 0.15) is 54.4 Å². The highest BCUT2D eigenvalue weighted by Gasteiger charge is 2.54. The molecule has 4 aromatic carbocycles. The van der Waals surface area contributed by atoms with Crippen LogP contribution in [0.4, 0.5) is 0 Å². The third-order valence-corrected chi connectivity index (χ3v) is 12.0. The van der Waals surface area contributed by atoms with Gasteiger partial charge in [0.2, 0.25) is 0 Å². The summed E-state index contributed by atoms with van der Waals surface area (Å²) in [5, 5.41) is -0.117. The summed E-state index contributed by atoms with van der Waals surface area (Å²) in [5.74, 6) is 0. The summed E-state index contributed by atoms with van der Waals surface area (Å²) in [6.45, 7) is 0. The molecule has 0 nitrogen and oxygen atoms in total. The SMILES string of the molecule is c1ccc(C2(c3ccccc3)CCCCCCPPC2(c2ccccc2)c2ccccc2)cc1. The molecule has 2 heteroatoms. The first-order valence-electron chi connectivity index (χ1n) is 12.6. The second kappa shape index (κ2) is 11.0. The van der Waals surface area contributed by atoms with Crippen LogP contribution in [-0.4, -0.2) is 6.16 Å². The van der Waals surface area contributed by atoms with E-state index in [1.807, 2.05) is 0 Å². The van der Waals surface area contributed by atoms with Gasteiger partial charge in [-0.3, -0.25) is 0 Å². The molecule has 1 aliphatic rings. The molecule has 1 aliphatic heterocycles. The summed E-state index contributed by atoms with van der Waals surface area (Å²) in [4.78, 5) is 0. The lowest BCUT2D eigenvalue weighted by atomic mass is 9.58. The minimum Gasteiger partial charge on any atom is -0.0980 e. The van der Waals surface area contributed by atoms with Crippen molar-refractivity contribution in [2.45, 2.75) is 42.7 Å². The smallest absolute Gasteiger partial charge is 0.0546 e. The van der Waals surface area contributed by atoms with Crippen molar-refractivity contribution < 1.29 is 0 Å². The molecule has 0 spiro atoms. The molecule has 2 atom stereocenters. The molecule has 2 unspecified atom stereocenters. The second-order valence-corrected chi connectivity index (χ2v) is 13.0. The van der Waals surface area contributed by atoms with Crippen LogP contribution in [0.25, 0.3) is 0 Å². The van der Waals surface area contributed by atoms with Gasteiger partial charge in [0, 0.05) is 5.41 Å². The molecule has 0 N–H and O–H groups in total. The van der Waals surface area contributed by atoms with E-state index in [0.29, 0.717) is 0 Å². The van der Waals surface area contributed by atoms with Gasteiger partial charge in [-0.2, -0.15) is 0 Å². The molecular weight excluding hydrogens is 446 g/mol. The molecule has 0 aliphatic carbocycles. The van der Waals surface area contributed by atoms with Gasteiger partial charge in [0.1, 0.15) is 0 Å². The fourth-order valence-electron chi connectivity index (χ4n) is 5.96. The maximum Gasteiger partial charge on any atom is 0.0546 e. The van der Waals surface area contributed by atoms with Gasteiger partial charge in [-0.25, -0.2) is 0 Å². The van der Waals surface area contributed by atoms with Gasteiger partial charge in [-0.1, -0.05) is 157 Å². The molecule has 172 valence electrons. The summed E-state index contributed by atoms with van der Waals surface area (Å²) in [6, 6.07) is 45.8. The van der Waals surface area contributed by atoms with Crippen molar-refractivity contribution in [1.82, 2.24) is 0 Å². The fourth-order valence-corrected chi connectivity index (χ4v) is 11.2. The van der Waals surface area contributed by atoms with Crippen LogP contribution >= 0.6 is 16.5 Å². The Labute approximate surface area is 208 Å². The number of rotatable bonds is 4. The summed E-state index contributed by atoms with van der Waals surface area (Å²) in [7, 11) is 1.80. The van der Waals surface area contributed by atoms with Crippen molar-refractivity contribution in [3.05, 3.63) is 144 Å². The van der Waals surface area contributed by atoms with E-state index in [0.717, 1.165) is 23.0 Å². The Balaban J connectivity index is 1.92. The van der Waals surface area contributed by atoms with Crippen LogP contribution in [0.2, 0.25) is 0 Å². The highest BCUT2D eigenvalue weighted by atomic mass is 32.0. The lowest BCUT2D eigenvalue weighted by molar-refractivity contribution is 0.367. The topological polar surface area (TPSA) is 0 Å². The minimum atomic E-state index is -0.138. The zero-order valence-electron chi connectivity index (χ0n) is 19.8. The monoisotopic (exact) mass is 480 g/mol. The molecule has 1 saturated heterocycles. The van der Waals surface area contributed by atoms with Crippen LogP contribution in [0.3, 0.4) is 0 Å². The minimum absolute atomic E-state index is 0.117. The number of benzene rings is 4. The van der Waals surface area contributed by atoms with Gasteiger partial charge in [-0.15, -0.1) is 0 Å². The van der Waals surface area contributed by atoms with E-state index in [2.05, 4.69) is 121 Å². The van der Waals surface area contributed by atoms with E-state index < -0.39 is 0 Å². The zero-order chi connectivity index (χ0) is 23.1. The van der Waals surface area contributed by atoms with E-state index in [4.69, 9.17) is 0 Å². The van der Waals surface area contributed by atoms with Crippen molar-refractivity contribution >= 4 is 16.5 Å². The highest BCUT2D eigenvalue weighted by molar-refractivity contribution is 8.12. The predicted molar refractivity (Wildman–Crippen MR) is 152 cm³/mol. The fraction of sp³-hybridized carbons (Fsp3) is 0.250. The van der Waals surface area contributed by atoms with Crippen LogP contribution in [0, 0.1) is 0 Å². The van der Waals surface area contributed by atoms with Crippen LogP contribution in [0.5, 0.6) is 0 Å². The maximum atomic E-state index is 2.40. The first-order chi connectivity index (χ1) is 16.9. The molecule has 1 fully saturated rings. The molecule has 34 heavy (non-hydrogen) atoms. The van der Waals surface area contributed by atoms with Crippen LogP contribution in [-0.2, 0) is 10.6 Å². The maximum absolute atomic E-state index is 2.40. The Bertz CT molecular complexity index is 967. The van der Waals surface area contributed by atoms with Gasteiger partial charge >= 0.3 is 0 Å². The van der Waals surface area contributed by atoms with Crippen molar-refractivity contribution in [3.63, 3.8) is 0 Å². The third-order valence-electron chi connectivity index (χ3n) is 7.47. The van der Waals surface area contributed by atoms with E-state index in [-0.39, 0.29) is 10.6 Å². The Kier molecular flexibility index (Phi) is 7.59. The standard InChI is InChI=1S/C32H34P2/c1-2-16-26-33-34-32(29-21-11-5-12-22-29,30-23-13-6-14-24-30)31(25-15-1,27-17-7-3-8-18-27)28-19-9-4-10-20-28/h3-14,17-24,33-34H,1-2,15-16,25-26H2. The molecule has 1 heterocycles. The van der Waals surface area contributed by atoms with E-state index in [1.54, 1.807) is 0 Å². The lowest BCUT2D eigenvalue weighted by Gasteiger charge is -2.53. The largest absolute Gasteiger partial charge is 0.0980 e. The van der Waals surface area contributed by atoms with Crippen LogP contribution in [0.15, 0.2) is 121 Å². The molecule has 0 radical (unpaired) electrons. The Morgan fingerprint density at radius 1 is 0.441 bits per heavy atom. The number of hydrogen-bond acceptors (Lipinski definition) is 0. The molecular formula is C32H34P2. The Hall–Kier alpha value is -2.26. The molecule has 0 saturated carbocycles. The zero-order valence-corrected chi connectivity index (χ0v) is 21.8. The Morgan fingerprint density at radius 3 is 1.32 bits per heavy atom. The van der Waals surface area contributed by atoms with Gasteiger partial charge in [0.25, 0.3) is 0 Å². The first kappa shape index (κ1) is 23.5. The summed E-state index contributed by atoms with van der Waals surface area (Å²) in [5.41, 5.74) is 5.68. The average molecular weight is 481 g/mol. The normalized spacial score (nSPS) is 19.5. The van der Waals surface area contributed by atoms with Gasteiger partial charge in [0.15, 0.2) is 0 Å². The van der Waals surface area contributed by atoms with E-state index >= 15 is 0 Å². The first-order valence-corrected chi connectivity index (χ1v) is 15.8. The van der Waals surface area contributed by atoms with E-state index in [1.165, 1.54) is 54.1 Å². The van der Waals surface area contributed by atoms with E-state index in [9.17, 15) is 0 Å². The predicted octanol–water partition coefficient (Wildman–Crippen LogP) is 9.15. The molecule has 0 bridgehead atoms. The number of hydrogen-bond donors (Lipinski definition) is 0. The molecule has 0 aromatic heterocycles. The average Bonchev–Trinajstić information content (AvgIpc) is 2.93. The molecule has 5 rings (SSSR count). The highest BCUT2D eigenvalue weighted by Crippen LogP contribution is 2.69. The summed E-state index contributed by atoms with van der Waals surface area (Å²) in [6.07, 6.45) is 7.80. The van der Waals surface area contributed by atoms with Crippen molar-refractivity contribution in [2.24, 2.45) is 0 Å². The van der Waals surface area contributed by atoms with Gasteiger partial charge in [0.05, 0.1) is 5.16 Å². The van der Waals surface area contributed by atoms with Crippen LogP contribution < -0.4 is 0 Å². The quantitative estimate of drug-likeness (QED) is 0.256. The summed E-state index contributed by atoms with van der Waals surface area (Å²) < 4.78 is 0. The van der Waals surface area contributed by atoms with Crippen molar-refractivity contribution in [2.75, 3.05) is 6.16 Å². The third kappa shape index (κ3) is 4.28. The Morgan fingerprint density at radius 2 is 0.853 bits per heavy atom. The lowest BCUT2D eigenvalue weighted by Crippen LogP contribution is -2.48. The molecule has 0 amide bonds. The molecule has 4 aromatic rings. The van der Waals surface area contributed by atoms with Crippen molar-refractivity contribution in [3.8, 4) is 0 Å². The second-order valence-electron chi connectivity index (χ2n) is 9.34. The van der Waals surface area contributed by atoms with Gasteiger partial charge < -0.3 is 0 Å². The van der Waals surface area contributed by atoms with Crippen molar-refractivity contribution in [1.29, 1.82) is 0 Å². The summed E-state index contributed by atoms with van der Waals surface area (Å²) >= 11 is 0.